The summed E-state index contributed by atoms with van der Waals surface area (Å²) in [6.07, 6.45) is 2.91. The Kier molecular flexibility index (Phi) is 7.62. The van der Waals surface area contributed by atoms with Gasteiger partial charge < -0.3 is 9.84 Å². The lowest BCUT2D eigenvalue weighted by atomic mass is 9.88. The lowest BCUT2D eigenvalue weighted by Gasteiger charge is -2.20. The maximum atomic E-state index is 11.9. The minimum Gasteiger partial charge on any atom is -0.481 e. The molecule has 1 saturated heterocycles. The van der Waals surface area contributed by atoms with Crippen molar-refractivity contribution in [2.75, 3.05) is 18.9 Å². The zero-order valence-corrected chi connectivity index (χ0v) is 13.7. The van der Waals surface area contributed by atoms with Crippen LogP contribution in [0.1, 0.15) is 46.0 Å². The van der Waals surface area contributed by atoms with Crippen LogP contribution in [-0.4, -0.2) is 44.5 Å². The predicted octanol–water partition coefficient (Wildman–Crippen LogP) is 1.61. The summed E-state index contributed by atoms with van der Waals surface area (Å²) in [6, 6.07) is 0. The number of rotatable bonds is 10. The van der Waals surface area contributed by atoms with Crippen molar-refractivity contribution in [3.05, 3.63) is 0 Å². The van der Waals surface area contributed by atoms with Gasteiger partial charge in [-0.25, -0.2) is 13.1 Å². The van der Waals surface area contributed by atoms with Gasteiger partial charge in [0.2, 0.25) is 10.0 Å². The summed E-state index contributed by atoms with van der Waals surface area (Å²) in [5.41, 5.74) is 0. The van der Waals surface area contributed by atoms with E-state index in [0.29, 0.717) is 31.9 Å². The quantitative estimate of drug-likeness (QED) is 0.638. The van der Waals surface area contributed by atoms with E-state index in [9.17, 15) is 13.2 Å². The molecule has 124 valence electrons. The molecule has 0 aliphatic carbocycles. The molecule has 21 heavy (non-hydrogen) atoms. The molecule has 0 saturated carbocycles. The van der Waals surface area contributed by atoms with Crippen LogP contribution in [0.25, 0.3) is 0 Å². The molecular formula is C14H27NO5S. The van der Waals surface area contributed by atoms with E-state index < -0.39 is 16.0 Å². The Balaban J connectivity index is 2.32. The SMILES string of the molecule is CC(C)C(CCNS(=O)(=O)CC1CCCO1)CCC(=O)O. The van der Waals surface area contributed by atoms with Gasteiger partial charge in [-0.15, -0.1) is 0 Å². The van der Waals surface area contributed by atoms with Gasteiger partial charge in [-0.05, 0) is 37.5 Å². The van der Waals surface area contributed by atoms with E-state index in [2.05, 4.69) is 4.72 Å². The first-order valence-corrected chi connectivity index (χ1v) is 9.26. The van der Waals surface area contributed by atoms with Crippen LogP contribution < -0.4 is 4.72 Å². The zero-order valence-electron chi connectivity index (χ0n) is 12.9. The van der Waals surface area contributed by atoms with Gasteiger partial charge in [-0.2, -0.15) is 0 Å². The van der Waals surface area contributed by atoms with E-state index in [1.165, 1.54) is 0 Å². The molecule has 7 heteroatoms. The van der Waals surface area contributed by atoms with Crippen LogP contribution >= 0.6 is 0 Å². The van der Waals surface area contributed by atoms with Crippen molar-refractivity contribution in [1.29, 1.82) is 0 Å². The zero-order chi connectivity index (χ0) is 15.9. The van der Waals surface area contributed by atoms with Crippen molar-refractivity contribution in [3.8, 4) is 0 Å². The summed E-state index contributed by atoms with van der Waals surface area (Å²) in [5, 5.41) is 8.73. The van der Waals surface area contributed by atoms with E-state index in [1.807, 2.05) is 13.8 Å². The largest absolute Gasteiger partial charge is 0.481 e. The highest BCUT2D eigenvalue weighted by Crippen LogP contribution is 2.21. The summed E-state index contributed by atoms with van der Waals surface area (Å²) < 4.78 is 31.8. The maximum Gasteiger partial charge on any atom is 0.303 e. The fourth-order valence-corrected chi connectivity index (χ4v) is 3.90. The summed E-state index contributed by atoms with van der Waals surface area (Å²) in [7, 11) is -3.31. The normalized spacial score (nSPS) is 20.8. The van der Waals surface area contributed by atoms with Crippen LogP contribution in [-0.2, 0) is 19.6 Å². The molecule has 1 heterocycles. The third kappa shape index (κ3) is 7.78. The second kappa shape index (κ2) is 8.70. The van der Waals surface area contributed by atoms with Gasteiger partial charge in [0.15, 0.2) is 0 Å². The molecule has 0 aromatic rings. The van der Waals surface area contributed by atoms with E-state index in [0.717, 1.165) is 12.8 Å². The number of hydrogen-bond donors (Lipinski definition) is 2. The molecule has 0 bridgehead atoms. The number of aliphatic carboxylic acids is 1. The summed E-state index contributed by atoms with van der Waals surface area (Å²) in [6.45, 7) is 5.07. The van der Waals surface area contributed by atoms with E-state index in [4.69, 9.17) is 9.84 Å². The second-order valence-corrected chi connectivity index (χ2v) is 7.89. The standard InChI is InChI=1S/C14H27NO5S/c1-11(2)12(5-6-14(16)17)7-8-15-21(18,19)10-13-4-3-9-20-13/h11-13,15H,3-10H2,1-2H3,(H,16,17). The number of ether oxygens (including phenoxy) is 1. The number of carboxylic acid groups (broad SMARTS) is 1. The monoisotopic (exact) mass is 321 g/mol. The third-order valence-electron chi connectivity index (χ3n) is 3.94. The molecule has 0 aromatic heterocycles. The number of nitrogens with one attached hydrogen (secondary N) is 1. The van der Waals surface area contributed by atoms with Crippen molar-refractivity contribution < 1.29 is 23.1 Å². The molecule has 1 aliphatic heterocycles. The second-order valence-electron chi connectivity index (χ2n) is 6.04. The molecule has 0 aromatic carbocycles. The Morgan fingerprint density at radius 3 is 2.62 bits per heavy atom. The van der Waals surface area contributed by atoms with Crippen molar-refractivity contribution >= 4 is 16.0 Å². The Bertz CT molecular complexity index is 415. The van der Waals surface area contributed by atoms with Crippen LogP contribution in [0.4, 0.5) is 0 Å². The first kappa shape index (κ1) is 18.4. The van der Waals surface area contributed by atoms with Crippen LogP contribution in [0.5, 0.6) is 0 Å². The van der Waals surface area contributed by atoms with Crippen LogP contribution in [0.2, 0.25) is 0 Å². The van der Waals surface area contributed by atoms with Gasteiger partial charge in [-0.3, -0.25) is 4.79 Å². The van der Waals surface area contributed by atoms with Crippen molar-refractivity contribution in [3.63, 3.8) is 0 Å². The highest BCUT2D eigenvalue weighted by molar-refractivity contribution is 7.89. The Morgan fingerprint density at radius 2 is 2.10 bits per heavy atom. The average molecular weight is 321 g/mol. The fraction of sp³-hybridized carbons (Fsp3) is 0.929. The third-order valence-corrected chi connectivity index (χ3v) is 5.39. The molecule has 1 aliphatic rings. The van der Waals surface area contributed by atoms with Crippen molar-refractivity contribution in [1.82, 2.24) is 4.72 Å². The maximum absolute atomic E-state index is 11.9. The van der Waals surface area contributed by atoms with Gasteiger partial charge in [0.25, 0.3) is 0 Å². The van der Waals surface area contributed by atoms with E-state index in [-0.39, 0.29) is 24.2 Å². The van der Waals surface area contributed by atoms with E-state index >= 15 is 0 Å². The van der Waals surface area contributed by atoms with Gasteiger partial charge >= 0.3 is 5.97 Å². The molecular weight excluding hydrogens is 294 g/mol. The molecule has 1 rings (SSSR count). The minimum absolute atomic E-state index is 0.0223. The number of carbonyl (C=O) groups is 1. The Labute approximate surface area is 127 Å². The average Bonchev–Trinajstić information content (AvgIpc) is 2.84. The predicted molar refractivity (Wildman–Crippen MR) is 80.6 cm³/mol. The van der Waals surface area contributed by atoms with Crippen LogP contribution in [0.15, 0.2) is 0 Å². The first-order chi connectivity index (χ1) is 9.80. The smallest absolute Gasteiger partial charge is 0.303 e. The Morgan fingerprint density at radius 1 is 1.38 bits per heavy atom. The highest BCUT2D eigenvalue weighted by atomic mass is 32.2. The number of hydrogen-bond acceptors (Lipinski definition) is 4. The molecule has 2 unspecified atom stereocenters. The van der Waals surface area contributed by atoms with Gasteiger partial charge in [0, 0.05) is 19.6 Å². The first-order valence-electron chi connectivity index (χ1n) is 7.61. The van der Waals surface area contributed by atoms with Crippen LogP contribution in [0, 0.1) is 11.8 Å². The van der Waals surface area contributed by atoms with Crippen molar-refractivity contribution in [2.45, 2.75) is 52.1 Å². The summed E-state index contributed by atoms with van der Waals surface area (Å²) in [5.74, 6) is -0.229. The number of carboxylic acids is 1. The minimum atomic E-state index is -3.31. The summed E-state index contributed by atoms with van der Waals surface area (Å²) in [4.78, 5) is 10.6. The molecule has 2 N–H and O–H groups in total. The molecule has 1 fully saturated rings. The fourth-order valence-electron chi connectivity index (χ4n) is 2.60. The molecule has 0 amide bonds. The molecule has 6 nitrogen and oxygen atoms in total. The van der Waals surface area contributed by atoms with E-state index in [1.54, 1.807) is 0 Å². The lowest BCUT2D eigenvalue weighted by molar-refractivity contribution is -0.137. The lowest BCUT2D eigenvalue weighted by Crippen LogP contribution is -2.33. The van der Waals surface area contributed by atoms with Crippen LogP contribution in [0.3, 0.4) is 0 Å². The van der Waals surface area contributed by atoms with Gasteiger partial charge in [0.1, 0.15) is 0 Å². The molecule has 2 atom stereocenters. The highest BCUT2D eigenvalue weighted by Gasteiger charge is 2.23. The molecule has 0 spiro atoms. The topological polar surface area (TPSA) is 92.7 Å². The van der Waals surface area contributed by atoms with Crippen molar-refractivity contribution in [2.24, 2.45) is 11.8 Å². The molecule has 0 radical (unpaired) electrons. The summed E-state index contributed by atoms with van der Waals surface area (Å²) >= 11 is 0. The van der Waals surface area contributed by atoms with Gasteiger partial charge in [-0.1, -0.05) is 13.8 Å². The Hall–Kier alpha value is -0.660. The van der Waals surface area contributed by atoms with Gasteiger partial charge in [0.05, 0.1) is 11.9 Å². The number of sulfonamides is 1.